The lowest BCUT2D eigenvalue weighted by Crippen LogP contribution is -2.24. The van der Waals surface area contributed by atoms with E-state index in [4.69, 9.17) is 11.0 Å². The number of aryl methyl sites for hydroxylation is 1. The standard InChI is InChI=1S/C19H14F4N4O.C5H4F3N3O/c20-16-9-14-12(4-7-27(18(14)28)6-3-1-2-5-24)8-15(16)17-25-10-13(11-26-17)19(21,22)23;6-5(7,8)3-2(9)1-10-11-4(3)12/h4,7-11H,1-3,6H2;1H,(H3,9,11,12). The maximum atomic E-state index is 14.5. The van der Waals surface area contributed by atoms with Gasteiger partial charge in [0.15, 0.2) is 5.82 Å². The molecule has 0 aliphatic carbocycles. The maximum Gasteiger partial charge on any atom is 0.423 e. The van der Waals surface area contributed by atoms with Gasteiger partial charge in [-0.05, 0) is 36.4 Å². The van der Waals surface area contributed by atoms with E-state index in [0.717, 1.165) is 12.3 Å². The zero-order chi connectivity index (χ0) is 29.7. The van der Waals surface area contributed by atoms with Gasteiger partial charge in [-0.15, -0.1) is 0 Å². The second-order valence-electron chi connectivity index (χ2n) is 8.17. The summed E-state index contributed by atoms with van der Waals surface area (Å²) >= 11 is 0. The van der Waals surface area contributed by atoms with Crippen LogP contribution in [0.25, 0.3) is 22.2 Å². The van der Waals surface area contributed by atoms with E-state index >= 15 is 0 Å². The molecule has 210 valence electrons. The Morgan fingerprint density at radius 2 is 1.68 bits per heavy atom. The molecule has 0 spiro atoms. The summed E-state index contributed by atoms with van der Waals surface area (Å²) in [7, 11) is 0. The highest BCUT2D eigenvalue weighted by molar-refractivity contribution is 5.85. The van der Waals surface area contributed by atoms with E-state index in [1.165, 1.54) is 10.6 Å². The first-order chi connectivity index (χ1) is 18.7. The second kappa shape index (κ2) is 11.9. The van der Waals surface area contributed by atoms with Gasteiger partial charge in [0.05, 0.1) is 34.5 Å². The number of pyridine rings is 1. The number of rotatable bonds is 5. The van der Waals surface area contributed by atoms with Crippen LogP contribution in [0, 0.1) is 17.1 Å². The lowest BCUT2D eigenvalue weighted by molar-refractivity contribution is -0.138. The first kappa shape index (κ1) is 29.7. The van der Waals surface area contributed by atoms with Gasteiger partial charge < -0.3 is 10.3 Å². The van der Waals surface area contributed by atoms with Crippen molar-refractivity contribution in [3.05, 3.63) is 80.6 Å². The van der Waals surface area contributed by atoms with Crippen molar-refractivity contribution in [1.29, 1.82) is 5.26 Å². The number of H-pyrrole nitrogens is 1. The van der Waals surface area contributed by atoms with Crippen LogP contribution in [0.2, 0.25) is 0 Å². The zero-order valence-electron chi connectivity index (χ0n) is 20.1. The van der Waals surface area contributed by atoms with E-state index in [2.05, 4.69) is 15.1 Å². The molecule has 0 fully saturated rings. The number of alkyl halides is 6. The molecule has 0 atom stereocenters. The number of halogens is 7. The normalized spacial score (nSPS) is 11.6. The lowest BCUT2D eigenvalue weighted by atomic mass is 10.1. The van der Waals surface area contributed by atoms with Crippen LogP contribution in [0.15, 0.2) is 52.6 Å². The minimum atomic E-state index is -4.74. The third kappa shape index (κ3) is 6.98. The Morgan fingerprint density at radius 1 is 1.00 bits per heavy atom. The minimum Gasteiger partial charge on any atom is -0.397 e. The van der Waals surface area contributed by atoms with E-state index < -0.39 is 40.5 Å². The number of hydrogen-bond acceptors (Lipinski definition) is 7. The van der Waals surface area contributed by atoms with Gasteiger partial charge >= 0.3 is 12.4 Å². The number of nitrogens with zero attached hydrogens (tertiary/aromatic N) is 5. The van der Waals surface area contributed by atoms with Gasteiger partial charge in [0.25, 0.3) is 11.1 Å². The molecular formula is C24H18F7N7O2. The van der Waals surface area contributed by atoms with Gasteiger partial charge in [-0.2, -0.15) is 36.7 Å². The van der Waals surface area contributed by atoms with Crippen molar-refractivity contribution in [2.45, 2.75) is 38.2 Å². The third-order valence-electron chi connectivity index (χ3n) is 5.39. The summed E-state index contributed by atoms with van der Waals surface area (Å²) in [5.41, 5.74) is -0.00829. The monoisotopic (exact) mass is 569 g/mol. The summed E-state index contributed by atoms with van der Waals surface area (Å²) < 4.78 is 89.7. The molecule has 9 nitrogen and oxygen atoms in total. The maximum absolute atomic E-state index is 14.5. The van der Waals surface area contributed by atoms with E-state index in [1.807, 2.05) is 6.07 Å². The van der Waals surface area contributed by atoms with Crippen molar-refractivity contribution in [2.75, 3.05) is 5.73 Å². The summed E-state index contributed by atoms with van der Waals surface area (Å²) in [4.78, 5) is 30.3. The average molecular weight is 569 g/mol. The number of nitriles is 1. The zero-order valence-corrected chi connectivity index (χ0v) is 20.1. The molecule has 4 aromatic rings. The van der Waals surface area contributed by atoms with Gasteiger partial charge in [0, 0.05) is 31.6 Å². The van der Waals surface area contributed by atoms with E-state index in [9.17, 15) is 40.3 Å². The number of fused-ring (bicyclic) bond motifs is 1. The van der Waals surface area contributed by atoms with Crippen molar-refractivity contribution >= 4 is 16.5 Å². The number of nitrogens with one attached hydrogen (secondary N) is 1. The summed E-state index contributed by atoms with van der Waals surface area (Å²) in [6.07, 6.45) is -4.15. The van der Waals surface area contributed by atoms with Gasteiger partial charge in [-0.25, -0.2) is 19.5 Å². The number of anilines is 1. The fraction of sp³-hybridized carbons (Fsp3) is 0.250. The Labute approximate surface area is 219 Å². The van der Waals surface area contributed by atoms with Crippen molar-refractivity contribution in [2.24, 2.45) is 0 Å². The number of unbranched alkanes of at least 4 members (excludes halogenated alkanes) is 2. The fourth-order valence-corrected chi connectivity index (χ4v) is 3.46. The quantitative estimate of drug-likeness (QED) is 0.262. The number of aromatic nitrogens is 5. The summed E-state index contributed by atoms with van der Waals surface area (Å²) in [5.74, 6) is -1.00. The van der Waals surface area contributed by atoms with Gasteiger partial charge in [0.2, 0.25) is 0 Å². The number of hydrogen-bond donors (Lipinski definition) is 2. The first-order valence-electron chi connectivity index (χ1n) is 11.2. The van der Waals surface area contributed by atoms with E-state index in [0.29, 0.717) is 43.6 Å². The number of nitrogen functional groups attached to an aromatic ring is 1. The van der Waals surface area contributed by atoms with Crippen LogP contribution in [0.4, 0.5) is 36.4 Å². The fourth-order valence-electron chi connectivity index (χ4n) is 3.46. The van der Waals surface area contributed by atoms with Crippen LogP contribution >= 0.6 is 0 Å². The molecule has 16 heteroatoms. The Bertz CT molecular complexity index is 1650. The second-order valence-corrected chi connectivity index (χ2v) is 8.17. The van der Waals surface area contributed by atoms with Gasteiger partial charge in [-0.1, -0.05) is 0 Å². The SMILES string of the molecule is N#CCCCCn1ccc2cc(-c3ncc(C(F)(F)F)cn3)c(F)cc2c1=O.Nc1cn[nH]c(=O)c1C(F)(F)F. The number of benzene rings is 1. The highest BCUT2D eigenvalue weighted by Crippen LogP contribution is 2.30. The van der Waals surface area contributed by atoms with Crippen LogP contribution in [-0.4, -0.2) is 24.7 Å². The summed E-state index contributed by atoms with van der Waals surface area (Å²) in [6.45, 7) is 0.405. The molecule has 40 heavy (non-hydrogen) atoms. The highest BCUT2D eigenvalue weighted by Gasteiger charge is 2.36. The molecule has 0 saturated heterocycles. The highest BCUT2D eigenvalue weighted by atomic mass is 19.4. The molecular weight excluding hydrogens is 551 g/mol. The molecule has 3 heterocycles. The van der Waals surface area contributed by atoms with Crippen molar-refractivity contribution in [3.63, 3.8) is 0 Å². The topological polar surface area (TPSA) is 143 Å². The molecule has 0 aliphatic heterocycles. The van der Waals surface area contributed by atoms with Crippen LogP contribution in [0.3, 0.4) is 0 Å². The largest absolute Gasteiger partial charge is 0.423 e. The first-order valence-corrected chi connectivity index (χ1v) is 11.2. The van der Waals surface area contributed by atoms with Crippen LogP contribution < -0.4 is 16.9 Å². The number of nitrogens with two attached hydrogens (primary N) is 1. The molecule has 3 aromatic heterocycles. The molecule has 3 N–H and O–H groups in total. The molecule has 0 saturated carbocycles. The Balaban J connectivity index is 0.000000307. The van der Waals surface area contributed by atoms with E-state index in [-0.39, 0.29) is 22.3 Å². The van der Waals surface area contributed by atoms with E-state index in [1.54, 1.807) is 17.4 Å². The smallest absolute Gasteiger partial charge is 0.397 e. The molecule has 4 rings (SSSR count). The average Bonchev–Trinajstić information content (AvgIpc) is 2.87. The molecule has 0 aliphatic rings. The predicted molar refractivity (Wildman–Crippen MR) is 128 cm³/mol. The Morgan fingerprint density at radius 3 is 2.23 bits per heavy atom. The summed E-state index contributed by atoms with van der Waals surface area (Å²) in [6, 6.07) is 6.03. The van der Waals surface area contributed by atoms with Crippen molar-refractivity contribution in [3.8, 4) is 17.5 Å². The predicted octanol–water partition coefficient (Wildman–Crippen LogP) is 4.68. The van der Waals surface area contributed by atoms with Crippen molar-refractivity contribution < 1.29 is 30.7 Å². The van der Waals surface area contributed by atoms with Gasteiger partial charge in [0.1, 0.15) is 11.4 Å². The van der Waals surface area contributed by atoms with Crippen LogP contribution in [-0.2, 0) is 18.9 Å². The lowest BCUT2D eigenvalue weighted by Gasteiger charge is -2.09. The molecule has 0 amide bonds. The minimum absolute atomic E-state index is 0.0904. The van der Waals surface area contributed by atoms with Gasteiger partial charge in [-0.3, -0.25) is 9.59 Å². The Kier molecular flexibility index (Phi) is 8.87. The third-order valence-corrected chi connectivity index (χ3v) is 5.39. The molecule has 0 radical (unpaired) electrons. The Hall–Kier alpha value is -4.81. The number of aromatic amines is 1. The molecule has 0 unspecified atom stereocenters. The molecule has 1 aromatic carbocycles. The molecule has 0 bridgehead atoms. The van der Waals surface area contributed by atoms with Crippen LogP contribution in [0.1, 0.15) is 30.4 Å². The van der Waals surface area contributed by atoms with Crippen LogP contribution in [0.5, 0.6) is 0 Å². The van der Waals surface area contributed by atoms with Crippen molar-refractivity contribution in [1.82, 2.24) is 24.7 Å². The summed E-state index contributed by atoms with van der Waals surface area (Å²) in [5, 5.41) is 13.9.